The van der Waals surface area contributed by atoms with E-state index in [1.807, 2.05) is 12.1 Å². The summed E-state index contributed by atoms with van der Waals surface area (Å²) >= 11 is 1.33. The van der Waals surface area contributed by atoms with Crippen molar-refractivity contribution in [3.05, 3.63) is 24.1 Å². The number of furan rings is 1. The summed E-state index contributed by atoms with van der Waals surface area (Å²) in [5, 5.41) is 4.05. The fraction of sp³-hybridized carbons (Fsp3) is 0.550. The van der Waals surface area contributed by atoms with Crippen LogP contribution in [0.15, 0.2) is 22.8 Å². The Hall–Kier alpha value is -1.98. The molecule has 0 bridgehead atoms. The molecule has 0 unspecified atom stereocenters. The molecule has 0 atom stereocenters. The summed E-state index contributed by atoms with van der Waals surface area (Å²) in [6.45, 7) is 4.16. The van der Waals surface area contributed by atoms with Gasteiger partial charge in [0.25, 0.3) is 5.88 Å². The van der Waals surface area contributed by atoms with Gasteiger partial charge in [0, 0.05) is 31.7 Å². The first-order valence-corrected chi connectivity index (χ1v) is 11.2. The van der Waals surface area contributed by atoms with Gasteiger partial charge in [-0.15, -0.1) is 12.4 Å². The quantitative estimate of drug-likeness (QED) is 0.564. The molecule has 168 valence electrons. The van der Waals surface area contributed by atoms with E-state index in [0.29, 0.717) is 35.5 Å². The highest BCUT2D eigenvalue weighted by Crippen LogP contribution is 2.31. The number of aromatic nitrogens is 3. The number of hydrogen-bond acceptors (Lipinski definition) is 10. The maximum Gasteiger partial charge on any atom is 0.263 e. The molecule has 0 amide bonds. The van der Waals surface area contributed by atoms with Crippen LogP contribution >= 0.6 is 23.9 Å². The topological polar surface area (TPSA) is 112 Å². The number of hydrogen-bond donors (Lipinski definition) is 2. The van der Waals surface area contributed by atoms with Crippen LogP contribution in [0.3, 0.4) is 0 Å². The lowest BCUT2D eigenvalue weighted by molar-refractivity contribution is -0.00133. The molecule has 1 aliphatic carbocycles. The Balaban J connectivity index is 0.00000231. The molecule has 5 rings (SSSR count). The molecule has 2 aliphatic rings. The predicted octanol–water partition coefficient (Wildman–Crippen LogP) is 3.33. The van der Waals surface area contributed by atoms with Gasteiger partial charge in [0.15, 0.2) is 0 Å². The number of ether oxygens (including phenoxy) is 2. The highest BCUT2D eigenvalue weighted by atomic mass is 35.5. The largest absolute Gasteiger partial charge is 0.472 e. The van der Waals surface area contributed by atoms with Crippen LogP contribution in [0.1, 0.15) is 31.4 Å². The second-order valence-electron chi connectivity index (χ2n) is 7.70. The number of morpholine rings is 1. The Bertz CT molecular complexity index is 984. The van der Waals surface area contributed by atoms with Crippen LogP contribution in [0, 0.1) is 0 Å². The van der Waals surface area contributed by atoms with E-state index in [9.17, 15) is 0 Å². The maximum absolute atomic E-state index is 6.31. The van der Waals surface area contributed by atoms with Crippen molar-refractivity contribution in [2.75, 3.05) is 31.6 Å². The Labute approximate surface area is 190 Å². The van der Waals surface area contributed by atoms with Crippen molar-refractivity contribution in [2.24, 2.45) is 5.73 Å². The van der Waals surface area contributed by atoms with Crippen molar-refractivity contribution in [3.63, 3.8) is 0 Å². The summed E-state index contributed by atoms with van der Waals surface area (Å²) in [5.74, 6) is 0.957. The van der Waals surface area contributed by atoms with Crippen molar-refractivity contribution in [2.45, 2.75) is 44.4 Å². The van der Waals surface area contributed by atoms with Gasteiger partial charge in [-0.25, -0.2) is 4.98 Å². The molecule has 1 saturated carbocycles. The van der Waals surface area contributed by atoms with Gasteiger partial charge < -0.3 is 24.9 Å². The molecule has 3 aromatic heterocycles. The molecule has 0 radical (unpaired) electrons. The molecule has 11 heteroatoms. The number of nitrogens with zero attached hydrogens (tertiary/aromatic N) is 4. The van der Waals surface area contributed by atoms with Crippen LogP contribution in [-0.4, -0.2) is 57.7 Å². The van der Waals surface area contributed by atoms with Gasteiger partial charge in [0.2, 0.25) is 11.5 Å². The van der Waals surface area contributed by atoms with Gasteiger partial charge in [-0.1, -0.05) is 0 Å². The molecule has 31 heavy (non-hydrogen) atoms. The first-order chi connectivity index (χ1) is 14.8. The normalized spacial score (nSPS) is 22.2. The van der Waals surface area contributed by atoms with Gasteiger partial charge in [-0.3, -0.25) is 4.90 Å². The fourth-order valence-electron chi connectivity index (χ4n) is 4.18. The standard InChI is InChI=1S/C20H26N6O3S.ClH/c21-12-13-11-17(30-25-13)23-20-22-16-5-8-28-18(16)19(24-20)29-15-3-1-14(2-4-15)26-6-9-27-10-7-26;/h5,8,11,14-15H,1-4,6-7,9-10,12,21H2,(H,22,23,24);1H. The van der Waals surface area contributed by atoms with Crippen molar-refractivity contribution in [1.29, 1.82) is 0 Å². The molecule has 2 fully saturated rings. The van der Waals surface area contributed by atoms with E-state index < -0.39 is 0 Å². The van der Waals surface area contributed by atoms with E-state index in [1.54, 1.807) is 6.26 Å². The summed E-state index contributed by atoms with van der Waals surface area (Å²) in [5.41, 5.74) is 7.78. The van der Waals surface area contributed by atoms with E-state index in [1.165, 1.54) is 11.5 Å². The number of anilines is 2. The molecule has 3 aromatic rings. The molecule has 0 aromatic carbocycles. The second kappa shape index (κ2) is 10.1. The monoisotopic (exact) mass is 466 g/mol. The molecular formula is C20H27ClN6O3S. The highest BCUT2D eigenvalue weighted by molar-refractivity contribution is 7.10. The summed E-state index contributed by atoms with van der Waals surface area (Å²) in [4.78, 5) is 11.7. The third kappa shape index (κ3) is 5.09. The van der Waals surface area contributed by atoms with Crippen LogP contribution in [0.2, 0.25) is 0 Å². The molecule has 3 N–H and O–H groups in total. The molecule has 1 aliphatic heterocycles. The maximum atomic E-state index is 6.31. The highest BCUT2D eigenvalue weighted by Gasteiger charge is 2.28. The van der Waals surface area contributed by atoms with E-state index in [2.05, 4.69) is 24.6 Å². The summed E-state index contributed by atoms with van der Waals surface area (Å²) < 4.78 is 21.7. The van der Waals surface area contributed by atoms with Gasteiger partial charge in [0.1, 0.15) is 16.6 Å². The minimum atomic E-state index is 0. The van der Waals surface area contributed by atoms with E-state index in [4.69, 9.17) is 19.6 Å². The van der Waals surface area contributed by atoms with Gasteiger partial charge in [-0.05, 0) is 43.3 Å². The zero-order valence-corrected chi connectivity index (χ0v) is 18.8. The predicted molar refractivity (Wildman–Crippen MR) is 121 cm³/mol. The van der Waals surface area contributed by atoms with Crippen LogP contribution in [-0.2, 0) is 11.3 Å². The van der Waals surface area contributed by atoms with Crippen molar-refractivity contribution in [3.8, 4) is 5.88 Å². The third-order valence-corrected chi connectivity index (χ3v) is 6.50. The number of fused-ring (bicyclic) bond motifs is 1. The molecule has 9 nitrogen and oxygen atoms in total. The lowest BCUT2D eigenvalue weighted by Crippen LogP contribution is -2.46. The van der Waals surface area contributed by atoms with Crippen LogP contribution in [0.5, 0.6) is 5.88 Å². The third-order valence-electron chi connectivity index (χ3n) is 5.76. The summed E-state index contributed by atoms with van der Waals surface area (Å²) in [6.07, 6.45) is 6.02. The molecule has 0 spiro atoms. The molecule has 1 saturated heterocycles. The first kappa shape index (κ1) is 22.2. The minimum Gasteiger partial charge on any atom is -0.472 e. The Morgan fingerprint density at radius 2 is 2.00 bits per heavy atom. The smallest absolute Gasteiger partial charge is 0.263 e. The lowest BCUT2D eigenvalue weighted by Gasteiger charge is -2.38. The fourth-order valence-corrected chi connectivity index (χ4v) is 4.85. The zero-order valence-electron chi connectivity index (χ0n) is 17.2. The second-order valence-corrected chi connectivity index (χ2v) is 8.50. The van der Waals surface area contributed by atoms with Gasteiger partial charge in [0.05, 0.1) is 25.2 Å². The summed E-state index contributed by atoms with van der Waals surface area (Å²) in [7, 11) is 0. The number of nitrogens with two attached hydrogens (primary N) is 1. The SMILES string of the molecule is Cl.NCc1cc(Nc2nc(OC3CCC(N4CCOCC4)CC3)c3occc3n2)sn1. The van der Waals surface area contributed by atoms with E-state index in [-0.39, 0.29) is 18.5 Å². The molecular weight excluding hydrogens is 440 g/mol. The lowest BCUT2D eigenvalue weighted by atomic mass is 9.91. The Morgan fingerprint density at radius 3 is 2.74 bits per heavy atom. The number of halogens is 1. The van der Waals surface area contributed by atoms with Crippen molar-refractivity contribution >= 4 is 46.0 Å². The number of rotatable bonds is 6. The first-order valence-electron chi connectivity index (χ1n) is 10.4. The Kier molecular flexibility index (Phi) is 7.24. The zero-order chi connectivity index (χ0) is 20.3. The van der Waals surface area contributed by atoms with Crippen molar-refractivity contribution < 1.29 is 13.9 Å². The molecule has 4 heterocycles. The van der Waals surface area contributed by atoms with E-state index in [0.717, 1.165) is 62.7 Å². The number of nitrogens with one attached hydrogen (secondary N) is 1. The average molecular weight is 467 g/mol. The Morgan fingerprint density at radius 1 is 1.19 bits per heavy atom. The average Bonchev–Trinajstić information content (AvgIpc) is 3.44. The van der Waals surface area contributed by atoms with Crippen LogP contribution in [0.4, 0.5) is 10.9 Å². The minimum absolute atomic E-state index is 0. The van der Waals surface area contributed by atoms with Gasteiger partial charge >= 0.3 is 0 Å². The van der Waals surface area contributed by atoms with Crippen molar-refractivity contribution in [1.82, 2.24) is 19.2 Å². The van der Waals surface area contributed by atoms with Gasteiger partial charge in [-0.2, -0.15) is 9.36 Å². The summed E-state index contributed by atoms with van der Waals surface area (Å²) in [6, 6.07) is 4.35. The van der Waals surface area contributed by atoms with E-state index >= 15 is 0 Å². The van der Waals surface area contributed by atoms with Crippen LogP contribution < -0.4 is 15.8 Å². The van der Waals surface area contributed by atoms with Crippen LogP contribution in [0.25, 0.3) is 11.1 Å².